The third-order valence-corrected chi connectivity index (χ3v) is 2.53. The van der Waals surface area contributed by atoms with Crippen molar-refractivity contribution in [2.45, 2.75) is 13.3 Å². The summed E-state index contributed by atoms with van der Waals surface area (Å²) in [5.74, 6) is -0.0659. The van der Waals surface area contributed by atoms with Crippen molar-refractivity contribution in [3.05, 3.63) is 41.7 Å². The number of aromatic nitrogens is 2. The molecule has 1 aromatic heterocycles. The summed E-state index contributed by atoms with van der Waals surface area (Å²) in [4.78, 5) is 15.0. The van der Waals surface area contributed by atoms with Crippen molar-refractivity contribution in [2.24, 2.45) is 7.05 Å². The zero-order chi connectivity index (χ0) is 12.4. The number of carboxylic acids is 1. The van der Waals surface area contributed by atoms with Crippen LogP contribution in [0.1, 0.15) is 11.3 Å². The average Bonchev–Trinajstić information content (AvgIpc) is 2.58. The number of nitrogens with zero attached hydrogens (tertiary/aromatic N) is 2. The lowest BCUT2D eigenvalue weighted by Crippen LogP contribution is -1.99. The first kappa shape index (κ1) is 11.4. The van der Waals surface area contributed by atoms with Gasteiger partial charge in [0, 0.05) is 18.8 Å². The SMILES string of the molecule is Cc1cccc(-c2nc(CC(=O)O)cn2C)c1. The molecular weight excluding hydrogens is 216 g/mol. The monoisotopic (exact) mass is 230 g/mol. The number of imidazole rings is 1. The van der Waals surface area contributed by atoms with Gasteiger partial charge in [0.25, 0.3) is 0 Å². The maximum atomic E-state index is 10.6. The van der Waals surface area contributed by atoms with Crippen molar-refractivity contribution < 1.29 is 9.90 Å². The fourth-order valence-electron chi connectivity index (χ4n) is 1.82. The Bertz CT molecular complexity index is 558. The van der Waals surface area contributed by atoms with Crippen molar-refractivity contribution in [2.75, 3.05) is 0 Å². The second kappa shape index (κ2) is 4.41. The highest BCUT2D eigenvalue weighted by Crippen LogP contribution is 2.19. The average molecular weight is 230 g/mol. The number of carbonyl (C=O) groups is 1. The highest BCUT2D eigenvalue weighted by atomic mass is 16.4. The molecule has 0 unspecified atom stereocenters. The summed E-state index contributed by atoms with van der Waals surface area (Å²) >= 11 is 0. The Balaban J connectivity index is 2.39. The minimum atomic E-state index is -0.862. The van der Waals surface area contributed by atoms with Gasteiger partial charge in [-0.05, 0) is 13.0 Å². The summed E-state index contributed by atoms with van der Waals surface area (Å²) in [6.07, 6.45) is 1.71. The van der Waals surface area contributed by atoms with E-state index >= 15 is 0 Å². The molecule has 1 aromatic carbocycles. The lowest BCUT2D eigenvalue weighted by atomic mass is 10.1. The van der Waals surface area contributed by atoms with Crippen LogP contribution in [0.2, 0.25) is 0 Å². The number of aliphatic carboxylic acids is 1. The summed E-state index contributed by atoms with van der Waals surface area (Å²) in [5, 5.41) is 8.73. The predicted molar refractivity (Wildman–Crippen MR) is 64.7 cm³/mol. The molecule has 0 amide bonds. The summed E-state index contributed by atoms with van der Waals surface area (Å²) in [7, 11) is 1.87. The van der Waals surface area contributed by atoms with E-state index in [1.165, 1.54) is 0 Å². The Hall–Kier alpha value is -2.10. The van der Waals surface area contributed by atoms with Crippen molar-refractivity contribution in [1.82, 2.24) is 9.55 Å². The van der Waals surface area contributed by atoms with Gasteiger partial charge in [-0.3, -0.25) is 4.79 Å². The molecule has 4 heteroatoms. The smallest absolute Gasteiger partial charge is 0.309 e. The first-order chi connectivity index (χ1) is 8.06. The van der Waals surface area contributed by atoms with Crippen LogP contribution >= 0.6 is 0 Å². The highest BCUT2D eigenvalue weighted by Gasteiger charge is 2.10. The quantitative estimate of drug-likeness (QED) is 0.877. The maximum Gasteiger partial charge on any atom is 0.309 e. The van der Waals surface area contributed by atoms with E-state index in [-0.39, 0.29) is 6.42 Å². The van der Waals surface area contributed by atoms with Crippen LogP contribution in [0.3, 0.4) is 0 Å². The van der Waals surface area contributed by atoms with Crippen LogP contribution in [0.5, 0.6) is 0 Å². The molecule has 0 saturated heterocycles. The fraction of sp³-hybridized carbons (Fsp3) is 0.231. The zero-order valence-corrected chi connectivity index (χ0v) is 9.84. The van der Waals surface area contributed by atoms with Gasteiger partial charge in [0.15, 0.2) is 0 Å². The molecule has 17 heavy (non-hydrogen) atoms. The molecule has 0 saturated carbocycles. The second-order valence-electron chi connectivity index (χ2n) is 4.11. The Morgan fingerprint density at radius 2 is 2.24 bits per heavy atom. The predicted octanol–water partition coefficient (Wildman–Crippen LogP) is 2.02. The van der Waals surface area contributed by atoms with Gasteiger partial charge < -0.3 is 9.67 Å². The first-order valence-corrected chi connectivity index (χ1v) is 5.37. The van der Waals surface area contributed by atoms with E-state index in [0.717, 1.165) is 17.0 Å². The molecule has 0 radical (unpaired) electrons. The van der Waals surface area contributed by atoms with Crippen molar-refractivity contribution in [3.63, 3.8) is 0 Å². The molecule has 1 heterocycles. The molecule has 0 aliphatic heterocycles. The number of hydrogen-bond acceptors (Lipinski definition) is 2. The van der Waals surface area contributed by atoms with Crippen LogP contribution < -0.4 is 0 Å². The molecule has 0 aliphatic carbocycles. The number of rotatable bonds is 3. The van der Waals surface area contributed by atoms with Crippen LogP contribution in [0.15, 0.2) is 30.5 Å². The fourth-order valence-corrected chi connectivity index (χ4v) is 1.82. The lowest BCUT2D eigenvalue weighted by Gasteiger charge is -2.01. The minimum Gasteiger partial charge on any atom is -0.481 e. The Kier molecular flexibility index (Phi) is 2.95. The van der Waals surface area contributed by atoms with E-state index in [9.17, 15) is 4.79 Å². The minimum absolute atomic E-state index is 0.0420. The molecule has 0 atom stereocenters. The van der Waals surface area contributed by atoms with Gasteiger partial charge in [-0.15, -0.1) is 0 Å². The van der Waals surface area contributed by atoms with Crippen LogP contribution in [-0.2, 0) is 18.3 Å². The van der Waals surface area contributed by atoms with E-state index in [1.807, 2.05) is 42.8 Å². The summed E-state index contributed by atoms with van der Waals surface area (Å²) in [6.45, 7) is 2.02. The molecular formula is C13H14N2O2. The van der Waals surface area contributed by atoms with Gasteiger partial charge in [0.2, 0.25) is 0 Å². The molecule has 0 aliphatic rings. The largest absolute Gasteiger partial charge is 0.481 e. The molecule has 1 N–H and O–H groups in total. The molecule has 88 valence electrons. The van der Waals surface area contributed by atoms with Gasteiger partial charge in [-0.1, -0.05) is 23.8 Å². The lowest BCUT2D eigenvalue weighted by molar-refractivity contribution is -0.136. The van der Waals surface area contributed by atoms with Crippen LogP contribution in [0, 0.1) is 6.92 Å². The number of benzene rings is 1. The summed E-state index contributed by atoms with van der Waals surface area (Å²) in [6, 6.07) is 7.99. The molecule has 0 bridgehead atoms. The maximum absolute atomic E-state index is 10.6. The van der Waals surface area contributed by atoms with Gasteiger partial charge >= 0.3 is 5.97 Å². The van der Waals surface area contributed by atoms with Crippen molar-refractivity contribution in [3.8, 4) is 11.4 Å². The van der Waals surface area contributed by atoms with E-state index < -0.39 is 5.97 Å². The summed E-state index contributed by atoms with van der Waals surface area (Å²) in [5.41, 5.74) is 2.74. The van der Waals surface area contributed by atoms with Crippen LogP contribution in [-0.4, -0.2) is 20.6 Å². The molecule has 0 spiro atoms. The van der Waals surface area contributed by atoms with Crippen LogP contribution in [0.25, 0.3) is 11.4 Å². The van der Waals surface area contributed by atoms with Crippen molar-refractivity contribution in [1.29, 1.82) is 0 Å². The third kappa shape index (κ3) is 2.53. The zero-order valence-electron chi connectivity index (χ0n) is 9.84. The van der Waals surface area contributed by atoms with Gasteiger partial charge in [-0.25, -0.2) is 4.98 Å². The van der Waals surface area contributed by atoms with Gasteiger partial charge in [0.1, 0.15) is 5.82 Å². The summed E-state index contributed by atoms with van der Waals surface area (Å²) < 4.78 is 1.85. The van der Waals surface area contributed by atoms with E-state index in [4.69, 9.17) is 5.11 Å². The molecule has 0 fully saturated rings. The Morgan fingerprint density at radius 3 is 2.88 bits per heavy atom. The van der Waals surface area contributed by atoms with Gasteiger partial charge in [0.05, 0.1) is 12.1 Å². The van der Waals surface area contributed by atoms with Crippen LogP contribution in [0.4, 0.5) is 0 Å². The number of carboxylic acid groups (broad SMARTS) is 1. The Morgan fingerprint density at radius 1 is 1.47 bits per heavy atom. The van der Waals surface area contributed by atoms with Crippen molar-refractivity contribution >= 4 is 5.97 Å². The topological polar surface area (TPSA) is 55.1 Å². The molecule has 2 aromatic rings. The van der Waals surface area contributed by atoms with Gasteiger partial charge in [-0.2, -0.15) is 0 Å². The second-order valence-corrected chi connectivity index (χ2v) is 4.11. The molecule has 4 nitrogen and oxygen atoms in total. The molecule has 2 rings (SSSR count). The third-order valence-electron chi connectivity index (χ3n) is 2.53. The standard InChI is InChI=1S/C13H14N2O2/c1-9-4-3-5-10(6-9)13-14-11(7-12(16)17)8-15(13)2/h3-6,8H,7H2,1-2H3,(H,16,17). The first-order valence-electron chi connectivity index (χ1n) is 5.37. The Labute approximate surface area is 99.5 Å². The number of aryl methyl sites for hydroxylation is 2. The van der Waals surface area contributed by atoms with E-state index in [2.05, 4.69) is 4.98 Å². The van der Waals surface area contributed by atoms with E-state index in [0.29, 0.717) is 5.69 Å². The van der Waals surface area contributed by atoms with E-state index in [1.54, 1.807) is 6.20 Å². The highest BCUT2D eigenvalue weighted by molar-refractivity contribution is 5.70. The number of hydrogen-bond donors (Lipinski definition) is 1. The normalized spacial score (nSPS) is 10.5.